The van der Waals surface area contributed by atoms with Crippen LogP contribution in [0, 0.1) is 6.57 Å². The first-order chi connectivity index (χ1) is 9.69. The second-order valence-electron chi connectivity index (χ2n) is 4.51. The van der Waals surface area contributed by atoms with Gasteiger partial charge < -0.3 is 10.1 Å². The van der Waals surface area contributed by atoms with Crippen LogP contribution in [-0.2, 0) is 7.05 Å². The molecule has 1 amide bonds. The third-order valence-corrected chi connectivity index (χ3v) is 3.27. The number of carbonyl (C=O) groups is 1. The number of rotatable bonds is 2. The van der Waals surface area contributed by atoms with E-state index in [2.05, 4.69) is 15.3 Å². The van der Waals surface area contributed by atoms with Crippen LogP contribution in [0.1, 0.15) is 22.1 Å². The highest BCUT2D eigenvalue weighted by Crippen LogP contribution is 2.35. The third kappa shape index (κ3) is 1.99. The SMILES string of the molecule is [C-]#[N+]c1ccc2c(c1)OCC2NC(=O)c1ccnn1C. The summed E-state index contributed by atoms with van der Waals surface area (Å²) in [6.45, 7) is 7.35. The van der Waals surface area contributed by atoms with E-state index in [9.17, 15) is 4.79 Å². The lowest BCUT2D eigenvalue weighted by molar-refractivity contribution is 0.0921. The van der Waals surface area contributed by atoms with Gasteiger partial charge in [0.15, 0.2) is 5.69 Å². The van der Waals surface area contributed by atoms with Crippen molar-refractivity contribution in [1.29, 1.82) is 0 Å². The highest BCUT2D eigenvalue weighted by atomic mass is 16.5. The van der Waals surface area contributed by atoms with Crippen LogP contribution < -0.4 is 10.1 Å². The molecule has 0 bridgehead atoms. The Balaban J connectivity index is 1.81. The number of fused-ring (bicyclic) bond motifs is 1. The lowest BCUT2D eigenvalue weighted by Gasteiger charge is -2.11. The van der Waals surface area contributed by atoms with E-state index in [0.29, 0.717) is 23.7 Å². The largest absolute Gasteiger partial charge is 0.492 e. The molecule has 0 fully saturated rings. The zero-order valence-electron chi connectivity index (χ0n) is 10.8. The standard InChI is InChI=1S/C14H12N4O2/c1-15-9-3-4-10-11(8-20-13(10)7-9)17-14(19)12-5-6-16-18(12)2/h3-7,11H,8H2,2H3,(H,17,19). The van der Waals surface area contributed by atoms with Gasteiger partial charge in [0, 0.05) is 18.8 Å². The zero-order chi connectivity index (χ0) is 14.1. The van der Waals surface area contributed by atoms with Gasteiger partial charge in [-0.3, -0.25) is 9.48 Å². The molecule has 2 heterocycles. The van der Waals surface area contributed by atoms with Gasteiger partial charge in [0.25, 0.3) is 5.91 Å². The van der Waals surface area contributed by atoms with Gasteiger partial charge in [-0.1, -0.05) is 12.1 Å². The molecular formula is C14H12N4O2. The molecule has 1 N–H and O–H groups in total. The molecule has 1 aromatic carbocycles. The lowest BCUT2D eigenvalue weighted by atomic mass is 10.1. The first-order valence-electron chi connectivity index (χ1n) is 6.12. The molecule has 1 unspecified atom stereocenters. The van der Waals surface area contributed by atoms with E-state index in [4.69, 9.17) is 11.3 Å². The molecule has 1 aromatic heterocycles. The molecule has 1 aliphatic heterocycles. The number of carbonyl (C=O) groups excluding carboxylic acids is 1. The smallest absolute Gasteiger partial charge is 0.270 e. The Morgan fingerprint density at radius 1 is 1.55 bits per heavy atom. The van der Waals surface area contributed by atoms with Crippen molar-refractivity contribution < 1.29 is 9.53 Å². The maximum Gasteiger partial charge on any atom is 0.270 e. The Hall–Kier alpha value is -2.81. The van der Waals surface area contributed by atoms with Crippen molar-refractivity contribution in [2.75, 3.05) is 6.61 Å². The van der Waals surface area contributed by atoms with E-state index >= 15 is 0 Å². The van der Waals surface area contributed by atoms with Gasteiger partial charge in [-0.05, 0) is 12.1 Å². The molecule has 2 aromatic rings. The molecule has 0 spiro atoms. The van der Waals surface area contributed by atoms with Crippen LogP contribution in [0.5, 0.6) is 5.75 Å². The highest BCUT2D eigenvalue weighted by Gasteiger charge is 2.26. The maximum atomic E-state index is 12.1. The number of amides is 1. The Kier molecular flexibility index (Phi) is 2.88. The number of ether oxygens (including phenoxy) is 1. The van der Waals surface area contributed by atoms with Gasteiger partial charge in [0.1, 0.15) is 18.1 Å². The summed E-state index contributed by atoms with van der Waals surface area (Å²) in [4.78, 5) is 15.5. The number of nitrogens with one attached hydrogen (secondary N) is 1. The van der Waals surface area contributed by atoms with Crippen molar-refractivity contribution in [3.63, 3.8) is 0 Å². The molecular weight excluding hydrogens is 256 g/mol. The van der Waals surface area contributed by atoms with Gasteiger partial charge in [-0.2, -0.15) is 5.10 Å². The van der Waals surface area contributed by atoms with Crippen molar-refractivity contribution in [3.8, 4) is 5.75 Å². The van der Waals surface area contributed by atoms with Crippen LogP contribution in [0.3, 0.4) is 0 Å². The summed E-state index contributed by atoms with van der Waals surface area (Å²) in [7, 11) is 1.72. The molecule has 3 rings (SSSR count). The van der Waals surface area contributed by atoms with E-state index in [0.717, 1.165) is 5.56 Å². The molecule has 6 nitrogen and oxygen atoms in total. The summed E-state index contributed by atoms with van der Waals surface area (Å²) < 4.78 is 7.04. The highest BCUT2D eigenvalue weighted by molar-refractivity contribution is 5.92. The molecule has 100 valence electrons. The lowest BCUT2D eigenvalue weighted by Crippen LogP contribution is -2.30. The first kappa shape index (κ1) is 12.2. The number of hydrogen-bond donors (Lipinski definition) is 1. The van der Waals surface area contributed by atoms with Crippen molar-refractivity contribution in [2.24, 2.45) is 7.05 Å². The van der Waals surface area contributed by atoms with Crippen LogP contribution in [0.2, 0.25) is 0 Å². The number of aryl methyl sites for hydroxylation is 1. The van der Waals surface area contributed by atoms with E-state index in [1.54, 1.807) is 31.4 Å². The van der Waals surface area contributed by atoms with Gasteiger partial charge in [-0.25, -0.2) is 4.85 Å². The maximum absolute atomic E-state index is 12.1. The minimum absolute atomic E-state index is 0.194. The average Bonchev–Trinajstić information content (AvgIpc) is 3.05. The normalized spacial score (nSPS) is 16.1. The van der Waals surface area contributed by atoms with Crippen LogP contribution in [0.25, 0.3) is 4.85 Å². The third-order valence-electron chi connectivity index (χ3n) is 3.27. The van der Waals surface area contributed by atoms with Crippen molar-refractivity contribution in [2.45, 2.75) is 6.04 Å². The fraction of sp³-hybridized carbons (Fsp3) is 0.214. The Morgan fingerprint density at radius 2 is 2.40 bits per heavy atom. The Bertz CT molecular complexity index is 714. The van der Waals surface area contributed by atoms with Crippen LogP contribution in [-0.4, -0.2) is 22.3 Å². The fourth-order valence-electron chi connectivity index (χ4n) is 2.22. The summed E-state index contributed by atoms with van der Waals surface area (Å²) >= 11 is 0. The molecule has 1 atom stereocenters. The second kappa shape index (κ2) is 4.70. The van der Waals surface area contributed by atoms with E-state index in [1.807, 2.05) is 6.07 Å². The molecule has 0 saturated heterocycles. The van der Waals surface area contributed by atoms with E-state index < -0.39 is 0 Å². The molecule has 0 saturated carbocycles. The predicted octanol–water partition coefficient (Wildman–Crippen LogP) is 1.83. The quantitative estimate of drug-likeness (QED) is 0.845. The number of aromatic nitrogens is 2. The summed E-state index contributed by atoms with van der Waals surface area (Å²) in [5.74, 6) is 0.467. The van der Waals surface area contributed by atoms with E-state index in [-0.39, 0.29) is 11.9 Å². The summed E-state index contributed by atoms with van der Waals surface area (Å²) in [6.07, 6.45) is 1.58. The van der Waals surface area contributed by atoms with E-state index in [1.165, 1.54) is 4.68 Å². The van der Waals surface area contributed by atoms with Crippen molar-refractivity contribution >= 4 is 11.6 Å². The topological polar surface area (TPSA) is 60.5 Å². The second-order valence-corrected chi connectivity index (χ2v) is 4.51. The van der Waals surface area contributed by atoms with Crippen molar-refractivity contribution in [1.82, 2.24) is 15.1 Å². The first-order valence-corrected chi connectivity index (χ1v) is 6.12. The van der Waals surface area contributed by atoms with Crippen LogP contribution in [0.4, 0.5) is 5.69 Å². The summed E-state index contributed by atoms with van der Waals surface area (Å²) in [5.41, 5.74) is 1.92. The number of hydrogen-bond acceptors (Lipinski definition) is 3. The molecule has 20 heavy (non-hydrogen) atoms. The summed E-state index contributed by atoms with van der Waals surface area (Å²) in [6, 6.07) is 6.70. The summed E-state index contributed by atoms with van der Waals surface area (Å²) in [5, 5.41) is 6.88. The molecule has 0 aliphatic carbocycles. The predicted molar refractivity (Wildman–Crippen MR) is 71.6 cm³/mol. The zero-order valence-corrected chi connectivity index (χ0v) is 10.8. The number of nitrogens with zero attached hydrogens (tertiary/aromatic N) is 3. The minimum atomic E-state index is -0.202. The Labute approximate surface area is 115 Å². The van der Waals surface area contributed by atoms with Gasteiger partial charge in [0.2, 0.25) is 0 Å². The number of benzene rings is 1. The van der Waals surface area contributed by atoms with Crippen LogP contribution in [0.15, 0.2) is 30.5 Å². The average molecular weight is 268 g/mol. The Morgan fingerprint density at radius 3 is 3.10 bits per heavy atom. The molecule has 6 heteroatoms. The fourth-order valence-corrected chi connectivity index (χ4v) is 2.22. The van der Waals surface area contributed by atoms with Gasteiger partial charge in [0.05, 0.1) is 12.6 Å². The molecule has 1 aliphatic rings. The van der Waals surface area contributed by atoms with Gasteiger partial charge in [-0.15, -0.1) is 0 Å². The monoisotopic (exact) mass is 268 g/mol. The minimum Gasteiger partial charge on any atom is -0.492 e. The molecule has 0 radical (unpaired) electrons. The van der Waals surface area contributed by atoms with Crippen LogP contribution >= 0.6 is 0 Å². The van der Waals surface area contributed by atoms with Gasteiger partial charge >= 0.3 is 0 Å². The van der Waals surface area contributed by atoms with Crippen molar-refractivity contribution in [3.05, 3.63) is 53.1 Å².